The Morgan fingerprint density at radius 3 is 1.83 bits per heavy atom. The minimum absolute atomic E-state index is 0.118. The number of amides is 1. The van der Waals surface area contributed by atoms with E-state index in [9.17, 15) is 9.59 Å². The van der Waals surface area contributed by atoms with E-state index in [-0.39, 0.29) is 17.9 Å². The van der Waals surface area contributed by atoms with Gasteiger partial charge in [0.15, 0.2) is 0 Å². The highest BCUT2D eigenvalue weighted by Crippen LogP contribution is 2.20. The van der Waals surface area contributed by atoms with Crippen molar-refractivity contribution in [3.05, 3.63) is 0 Å². The summed E-state index contributed by atoms with van der Waals surface area (Å²) >= 11 is 0. The van der Waals surface area contributed by atoms with E-state index in [1.807, 2.05) is 0 Å². The van der Waals surface area contributed by atoms with Crippen molar-refractivity contribution in [2.45, 2.75) is 135 Å². The number of ether oxygens (including phenoxy) is 1. The summed E-state index contributed by atoms with van der Waals surface area (Å²) in [5, 5.41) is 0. The molecule has 1 atom stereocenters. The molecule has 1 unspecified atom stereocenters. The molecule has 0 spiro atoms. The van der Waals surface area contributed by atoms with E-state index >= 15 is 0 Å². The SMILES string of the molecule is CCCCCCCCCCCCCCCOC(=O)C1CCCN1C(=O)CCCC. The molecule has 1 heterocycles. The van der Waals surface area contributed by atoms with Crippen LogP contribution in [0, 0.1) is 0 Å². The van der Waals surface area contributed by atoms with Gasteiger partial charge in [0.25, 0.3) is 0 Å². The molecule has 4 nitrogen and oxygen atoms in total. The Kier molecular flexibility index (Phi) is 15.9. The number of carbonyl (C=O) groups excluding carboxylic acids is 2. The molecule has 1 saturated heterocycles. The van der Waals surface area contributed by atoms with Crippen molar-refractivity contribution in [1.82, 2.24) is 4.90 Å². The number of rotatable bonds is 18. The average Bonchev–Trinajstić information content (AvgIpc) is 3.22. The van der Waals surface area contributed by atoms with E-state index < -0.39 is 0 Å². The first-order chi connectivity index (χ1) is 14.2. The van der Waals surface area contributed by atoms with Crippen LogP contribution in [0.1, 0.15) is 129 Å². The largest absolute Gasteiger partial charge is 0.464 e. The number of hydrogen-bond acceptors (Lipinski definition) is 3. The van der Waals surface area contributed by atoms with Crippen LogP contribution in [0.2, 0.25) is 0 Å². The van der Waals surface area contributed by atoms with Crippen LogP contribution in [0.5, 0.6) is 0 Å². The van der Waals surface area contributed by atoms with E-state index in [0.29, 0.717) is 19.6 Å². The minimum Gasteiger partial charge on any atom is -0.464 e. The van der Waals surface area contributed by atoms with Crippen molar-refractivity contribution >= 4 is 11.9 Å². The number of nitrogens with zero attached hydrogens (tertiary/aromatic N) is 1. The zero-order chi connectivity index (χ0) is 21.2. The van der Waals surface area contributed by atoms with Crippen LogP contribution in [0.15, 0.2) is 0 Å². The van der Waals surface area contributed by atoms with Gasteiger partial charge in [0.2, 0.25) is 5.91 Å². The second-order valence-corrected chi connectivity index (χ2v) is 8.76. The number of esters is 1. The summed E-state index contributed by atoms with van der Waals surface area (Å²) in [5.74, 6) is -0.0708. The Hall–Kier alpha value is -1.06. The number of hydrogen-bond donors (Lipinski definition) is 0. The molecule has 0 aliphatic carbocycles. The molecule has 0 aromatic heterocycles. The molecule has 1 aliphatic rings. The predicted molar refractivity (Wildman–Crippen MR) is 121 cm³/mol. The number of unbranched alkanes of at least 4 members (excludes halogenated alkanes) is 13. The van der Waals surface area contributed by atoms with Gasteiger partial charge in [-0.1, -0.05) is 97.3 Å². The van der Waals surface area contributed by atoms with Crippen LogP contribution < -0.4 is 0 Å². The molecule has 0 saturated carbocycles. The Labute approximate surface area is 180 Å². The standard InChI is InChI=1S/C25H47NO3/c1-3-5-7-8-9-10-11-12-13-14-15-16-17-22-29-25(28)23-19-18-21-26(23)24(27)20-6-4-2/h23H,3-22H2,1-2H3. The molecular weight excluding hydrogens is 362 g/mol. The Morgan fingerprint density at radius 2 is 1.28 bits per heavy atom. The molecule has 0 bridgehead atoms. The summed E-state index contributed by atoms with van der Waals surface area (Å²) in [5.41, 5.74) is 0. The smallest absolute Gasteiger partial charge is 0.328 e. The molecule has 0 aromatic rings. The second-order valence-electron chi connectivity index (χ2n) is 8.76. The summed E-state index contributed by atoms with van der Waals surface area (Å²) < 4.78 is 5.48. The summed E-state index contributed by atoms with van der Waals surface area (Å²) in [6.45, 7) is 5.56. The van der Waals surface area contributed by atoms with E-state index in [1.54, 1.807) is 4.90 Å². The highest BCUT2D eigenvalue weighted by Gasteiger charge is 2.34. The lowest BCUT2D eigenvalue weighted by atomic mass is 10.0. The number of carbonyl (C=O) groups is 2. The summed E-state index contributed by atoms with van der Waals surface area (Å²) in [6, 6.07) is -0.332. The molecule has 29 heavy (non-hydrogen) atoms. The lowest BCUT2D eigenvalue weighted by Gasteiger charge is -2.23. The Bertz CT molecular complexity index is 424. The van der Waals surface area contributed by atoms with Gasteiger partial charge < -0.3 is 9.64 Å². The number of likely N-dealkylation sites (tertiary alicyclic amines) is 1. The van der Waals surface area contributed by atoms with Gasteiger partial charge >= 0.3 is 5.97 Å². The lowest BCUT2D eigenvalue weighted by molar-refractivity contribution is -0.153. The zero-order valence-corrected chi connectivity index (χ0v) is 19.4. The first-order valence-corrected chi connectivity index (χ1v) is 12.7. The quantitative estimate of drug-likeness (QED) is 0.185. The lowest BCUT2D eigenvalue weighted by Crippen LogP contribution is -2.41. The third-order valence-corrected chi connectivity index (χ3v) is 6.08. The van der Waals surface area contributed by atoms with Gasteiger partial charge in [0.05, 0.1) is 6.61 Å². The molecule has 0 N–H and O–H groups in total. The van der Waals surface area contributed by atoms with Gasteiger partial charge in [-0.15, -0.1) is 0 Å². The molecule has 170 valence electrons. The fraction of sp³-hybridized carbons (Fsp3) is 0.920. The Morgan fingerprint density at radius 1 is 0.759 bits per heavy atom. The maximum absolute atomic E-state index is 12.3. The van der Waals surface area contributed by atoms with Crippen LogP contribution in [-0.4, -0.2) is 36.0 Å². The van der Waals surface area contributed by atoms with Crippen molar-refractivity contribution in [3.8, 4) is 0 Å². The van der Waals surface area contributed by atoms with Crippen LogP contribution >= 0.6 is 0 Å². The molecule has 1 amide bonds. The highest BCUT2D eigenvalue weighted by atomic mass is 16.5. The monoisotopic (exact) mass is 409 g/mol. The molecular formula is C25H47NO3. The predicted octanol–water partition coefficient (Wildman–Crippen LogP) is 6.80. The Balaban J connectivity index is 1.95. The van der Waals surface area contributed by atoms with Crippen molar-refractivity contribution < 1.29 is 14.3 Å². The fourth-order valence-corrected chi connectivity index (χ4v) is 4.17. The van der Waals surface area contributed by atoms with Crippen molar-refractivity contribution in [2.75, 3.05) is 13.2 Å². The van der Waals surface area contributed by atoms with Gasteiger partial charge in [0.1, 0.15) is 6.04 Å². The molecule has 1 aliphatic heterocycles. The van der Waals surface area contributed by atoms with Gasteiger partial charge in [-0.2, -0.15) is 0 Å². The normalized spacial score (nSPS) is 16.3. The van der Waals surface area contributed by atoms with E-state index in [4.69, 9.17) is 4.74 Å². The molecule has 1 fully saturated rings. The van der Waals surface area contributed by atoms with Crippen LogP contribution in [0.25, 0.3) is 0 Å². The van der Waals surface area contributed by atoms with Gasteiger partial charge in [0, 0.05) is 13.0 Å². The summed E-state index contributed by atoms with van der Waals surface area (Å²) in [7, 11) is 0. The zero-order valence-electron chi connectivity index (χ0n) is 19.4. The van der Waals surface area contributed by atoms with Crippen LogP contribution in [-0.2, 0) is 14.3 Å². The van der Waals surface area contributed by atoms with Crippen molar-refractivity contribution in [3.63, 3.8) is 0 Å². The van der Waals surface area contributed by atoms with E-state index in [2.05, 4.69) is 13.8 Å². The fourth-order valence-electron chi connectivity index (χ4n) is 4.17. The van der Waals surface area contributed by atoms with Crippen LogP contribution in [0.4, 0.5) is 0 Å². The molecule has 4 heteroatoms. The van der Waals surface area contributed by atoms with E-state index in [0.717, 1.165) is 38.5 Å². The van der Waals surface area contributed by atoms with Gasteiger partial charge in [-0.25, -0.2) is 4.79 Å². The second kappa shape index (κ2) is 17.8. The summed E-state index contributed by atoms with van der Waals surface area (Å²) in [6.07, 6.45) is 21.2. The maximum Gasteiger partial charge on any atom is 0.328 e. The molecule has 0 radical (unpaired) electrons. The average molecular weight is 410 g/mol. The maximum atomic E-state index is 12.3. The molecule has 1 rings (SSSR count). The topological polar surface area (TPSA) is 46.6 Å². The third-order valence-electron chi connectivity index (χ3n) is 6.08. The van der Waals surface area contributed by atoms with Crippen molar-refractivity contribution in [1.29, 1.82) is 0 Å². The first kappa shape index (κ1) is 26.0. The van der Waals surface area contributed by atoms with Gasteiger partial charge in [-0.3, -0.25) is 4.79 Å². The van der Waals surface area contributed by atoms with Crippen molar-refractivity contribution in [2.24, 2.45) is 0 Å². The van der Waals surface area contributed by atoms with E-state index in [1.165, 1.54) is 70.6 Å². The minimum atomic E-state index is -0.332. The first-order valence-electron chi connectivity index (χ1n) is 12.7. The molecule has 0 aromatic carbocycles. The summed E-state index contributed by atoms with van der Waals surface area (Å²) in [4.78, 5) is 26.3. The third kappa shape index (κ3) is 12.3. The highest BCUT2D eigenvalue weighted by molar-refractivity contribution is 5.85. The van der Waals surface area contributed by atoms with Crippen LogP contribution in [0.3, 0.4) is 0 Å². The van der Waals surface area contributed by atoms with Gasteiger partial charge in [-0.05, 0) is 25.7 Å².